The summed E-state index contributed by atoms with van der Waals surface area (Å²) in [6.07, 6.45) is 3.68. The summed E-state index contributed by atoms with van der Waals surface area (Å²) in [5, 5.41) is 0. The van der Waals surface area contributed by atoms with Crippen LogP contribution in [-0.2, 0) is 6.54 Å². The molecule has 0 fully saturated rings. The van der Waals surface area contributed by atoms with E-state index in [4.69, 9.17) is 10.5 Å². The van der Waals surface area contributed by atoms with Gasteiger partial charge in [-0.1, -0.05) is 18.2 Å². The summed E-state index contributed by atoms with van der Waals surface area (Å²) in [6, 6.07) is 10.4. The van der Waals surface area contributed by atoms with Crippen molar-refractivity contribution in [3.05, 3.63) is 58.3 Å². The molecule has 0 bridgehead atoms. The molecule has 0 radical (unpaired) electrons. The fourth-order valence-electron chi connectivity index (χ4n) is 2.72. The van der Waals surface area contributed by atoms with Crippen molar-refractivity contribution in [3.63, 3.8) is 0 Å². The van der Waals surface area contributed by atoms with Crippen LogP contribution in [0.25, 0.3) is 0 Å². The van der Waals surface area contributed by atoms with E-state index in [1.54, 1.807) is 6.20 Å². The zero-order chi connectivity index (χ0) is 14.7. The van der Waals surface area contributed by atoms with Crippen molar-refractivity contribution in [1.82, 2.24) is 9.88 Å². The van der Waals surface area contributed by atoms with Gasteiger partial charge in [0.15, 0.2) is 0 Å². The van der Waals surface area contributed by atoms with Gasteiger partial charge in [0.1, 0.15) is 12.4 Å². The van der Waals surface area contributed by atoms with Crippen LogP contribution in [0.4, 0.5) is 0 Å². The van der Waals surface area contributed by atoms with Crippen LogP contribution in [0.15, 0.2) is 47.2 Å². The zero-order valence-electron chi connectivity index (χ0n) is 11.7. The van der Waals surface area contributed by atoms with Gasteiger partial charge in [0, 0.05) is 48.1 Å². The summed E-state index contributed by atoms with van der Waals surface area (Å²) in [4.78, 5) is 6.61. The second-order valence-corrected chi connectivity index (χ2v) is 6.03. The predicted molar refractivity (Wildman–Crippen MR) is 86.1 cm³/mol. The van der Waals surface area contributed by atoms with E-state index in [2.05, 4.69) is 37.9 Å². The third-order valence-corrected chi connectivity index (χ3v) is 4.19. The standard InChI is InChI=1S/C16H18BrN3O/c17-14-7-13(9-19-10-14)15(8-18)20-5-6-21-16-4-2-1-3-12(16)11-20/h1-4,7,9-10,15H,5-6,8,11,18H2. The molecule has 1 unspecified atom stereocenters. The van der Waals surface area contributed by atoms with Crippen molar-refractivity contribution in [2.24, 2.45) is 5.73 Å². The fraction of sp³-hybridized carbons (Fsp3) is 0.312. The van der Waals surface area contributed by atoms with Crippen molar-refractivity contribution in [2.45, 2.75) is 12.6 Å². The van der Waals surface area contributed by atoms with E-state index in [-0.39, 0.29) is 6.04 Å². The lowest BCUT2D eigenvalue weighted by Crippen LogP contribution is -2.35. The summed E-state index contributed by atoms with van der Waals surface area (Å²) in [6.45, 7) is 2.92. The molecule has 0 saturated heterocycles. The van der Waals surface area contributed by atoms with E-state index in [0.717, 1.165) is 28.9 Å². The Morgan fingerprint density at radius 3 is 3.00 bits per heavy atom. The van der Waals surface area contributed by atoms with Crippen LogP contribution in [0.5, 0.6) is 5.75 Å². The first kappa shape index (κ1) is 14.5. The number of para-hydroxylation sites is 1. The van der Waals surface area contributed by atoms with Gasteiger partial charge in [-0.2, -0.15) is 0 Å². The first-order valence-electron chi connectivity index (χ1n) is 7.03. The van der Waals surface area contributed by atoms with E-state index in [9.17, 15) is 0 Å². The molecule has 4 nitrogen and oxygen atoms in total. The lowest BCUT2D eigenvalue weighted by atomic mass is 10.1. The van der Waals surface area contributed by atoms with Crippen molar-refractivity contribution in [1.29, 1.82) is 0 Å². The van der Waals surface area contributed by atoms with Crippen LogP contribution in [0.2, 0.25) is 0 Å². The SMILES string of the molecule is NCC(c1cncc(Br)c1)N1CCOc2ccccc2C1. The highest BCUT2D eigenvalue weighted by atomic mass is 79.9. The molecule has 1 atom stereocenters. The summed E-state index contributed by atoms with van der Waals surface area (Å²) < 4.78 is 6.80. The van der Waals surface area contributed by atoms with Crippen molar-refractivity contribution in [3.8, 4) is 5.75 Å². The summed E-state index contributed by atoms with van der Waals surface area (Å²) in [7, 11) is 0. The highest BCUT2D eigenvalue weighted by molar-refractivity contribution is 9.10. The minimum Gasteiger partial charge on any atom is -0.492 e. The lowest BCUT2D eigenvalue weighted by Gasteiger charge is -2.29. The van der Waals surface area contributed by atoms with Crippen LogP contribution in [0, 0.1) is 0 Å². The average molecular weight is 348 g/mol. The van der Waals surface area contributed by atoms with Gasteiger partial charge < -0.3 is 10.5 Å². The maximum absolute atomic E-state index is 6.03. The molecule has 21 heavy (non-hydrogen) atoms. The fourth-order valence-corrected chi connectivity index (χ4v) is 3.10. The number of halogens is 1. The Hall–Kier alpha value is -1.43. The monoisotopic (exact) mass is 347 g/mol. The smallest absolute Gasteiger partial charge is 0.123 e. The molecular formula is C16H18BrN3O. The van der Waals surface area contributed by atoms with E-state index < -0.39 is 0 Å². The summed E-state index contributed by atoms with van der Waals surface area (Å²) in [5.41, 5.74) is 8.37. The van der Waals surface area contributed by atoms with Crippen LogP contribution < -0.4 is 10.5 Å². The Morgan fingerprint density at radius 1 is 1.33 bits per heavy atom. The molecule has 0 amide bonds. The number of rotatable bonds is 3. The van der Waals surface area contributed by atoms with Gasteiger partial charge >= 0.3 is 0 Å². The Morgan fingerprint density at radius 2 is 2.19 bits per heavy atom. The van der Waals surface area contributed by atoms with Gasteiger partial charge in [0.2, 0.25) is 0 Å². The second-order valence-electron chi connectivity index (χ2n) is 5.11. The Balaban J connectivity index is 1.88. The number of nitrogens with zero attached hydrogens (tertiary/aromatic N) is 2. The number of hydrogen-bond donors (Lipinski definition) is 1. The van der Waals surface area contributed by atoms with Crippen LogP contribution in [0.1, 0.15) is 17.2 Å². The first-order chi connectivity index (χ1) is 10.3. The number of ether oxygens (including phenoxy) is 1. The zero-order valence-corrected chi connectivity index (χ0v) is 13.3. The number of pyridine rings is 1. The quantitative estimate of drug-likeness (QED) is 0.927. The molecular weight excluding hydrogens is 330 g/mol. The number of aromatic nitrogens is 1. The molecule has 110 valence electrons. The lowest BCUT2D eigenvalue weighted by molar-refractivity contribution is 0.172. The molecule has 3 rings (SSSR count). The minimum absolute atomic E-state index is 0.143. The predicted octanol–water partition coefficient (Wildman–Crippen LogP) is 2.74. The van der Waals surface area contributed by atoms with E-state index in [1.807, 2.05) is 24.4 Å². The number of hydrogen-bond acceptors (Lipinski definition) is 4. The molecule has 1 aromatic carbocycles. The Kier molecular flexibility index (Phi) is 4.53. The van der Waals surface area contributed by atoms with Crippen LogP contribution >= 0.6 is 15.9 Å². The molecule has 2 heterocycles. The largest absolute Gasteiger partial charge is 0.492 e. The second kappa shape index (κ2) is 6.56. The molecule has 0 aliphatic carbocycles. The molecule has 1 aliphatic heterocycles. The van der Waals surface area contributed by atoms with Gasteiger partial charge in [0.05, 0.1) is 0 Å². The summed E-state index contributed by atoms with van der Waals surface area (Å²) in [5.74, 6) is 0.975. The molecule has 1 aliphatic rings. The maximum Gasteiger partial charge on any atom is 0.123 e. The molecule has 2 N–H and O–H groups in total. The third kappa shape index (κ3) is 3.26. The van der Waals surface area contributed by atoms with E-state index >= 15 is 0 Å². The molecule has 2 aromatic rings. The number of nitrogens with two attached hydrogens (primary N) is 1. The van der Waals surface area contributed by atoms with Crippen molar-refractivity contribution in [2.75, 3.05) is 19.7 Å². The Bertz CT molecular complexity index is 620. The molecule has 0 spiro atoms. The third-order valence-electron chi connectivity index (χ3n) is 3.76. The highest BCUT2D eigenvalue weighted by Crippen LogP contribution is 2.28. The van der Waals surface area contributed by atoms with Gasteiger partial charge in [-0.15, -0.1) is 0 Å². The number of fused-ring (bicyclic) bond motifs is 1. The normalized spacial score (nSPS) is 16.7. The maximum atomic E-state index is 6.03. The minimum atomic E-state index is 0.143. The Labute approximate surface area is 133 Å². The van der Waals surface area contributed by atoms with Crippen molar-refractivity contribution < 1.29 is 4.74 Å². The van der Waals surface area contributed by atoms with Gasteiger partial charge in [-0.25, -0.2) is 0 Å². The molecule has 0 saturated carbocycles. The van der Waals surface area contributed by atoms with E-state index in [1.165, 1.54) is 5.56 Å². The van der Waals surface area contributed by atoms with Crippen LogP contribution in [0.3, 0.4) is 0 Å². The van der Waals surface area contributed by atoms with Gasteiger partial charge in [-0.3, -0.25) is 9.88 Å². The first-order valence-corrected chi connectivity index (χ1v) is 7.82. The van der Waals surface area contributed by atoms with E-state index in [0.29, 0.717) is 13.2 Å². The van der Waals surface area contributed by atoms with Gasteiger partial charge in [0.25, 0.3) is 0 Å². The highest BCUT2D eigenvalue weighted by Gasteiger charge is 2.23. The average Bonchev–Trinajstić information content (AvgIpc) is 2.70. The van der Waals surface area contributed by atoms with Gasteiger partial charge in [-0.05, 0) is 33.6 Å². The topological polar surface area (TPSA) is 51.4 Å². The summed E-state index contributed by atoms with van der Waals surface area (Å²) >= 11 is 3.48. The molecule has 1 aromatic heterocycles. The number of benzene rings is 1. The van der Waals surface area contributed by atoms with Crippen LogP contribution in [-0.4, -0.2) is 29.6 Å². The van der Waals surface area contributed by atoms with Crippen molar-refractivity contribution >= 4 is 15.9 Å². The molecule has 5 heteroatoms.